The van der Waals surface area contributed by atoms with Gasteiger partial charge in [-0.25, -0.2) is 18.1 Å². The van der Waals surface area contributed by atoms with E-state index in [2.05, 4.69) is 19.4 Å². The fourth-order valence-corrected chi connectivity index (χ4v) is 2.94. The van der Waals surface area contributed by atoms with E-state index in [0.717, 1.165) is 22.6 Å². The van der Waals surface area contributed by atoms with Crippen LogP contribution in [0, 0.1) is 6.92 Å². The SMILES string of the molecule is Cc1nc2sccn2c1CNCCNS(C)(=O)=O. The Kier molecular flexibility index (Phi) is 4.00. The second-order valence-electron chi connectivity index (χ2n) is 4.04. The molecule has 2 aromatic heterocycles. The number of hydrogen-bond donors (Lipinski definition) is 2. The molecule has 0 amide bonds. The van der Waals surface area contributed by atoms with Crippen molar-refractivity contribution < 1.29 is 8.42 Å². The summed E-state index contributed by atoms with van der Waals surface area (Å²) in [4.78, 5) is 5.43. The van der Waals surface area contributed by atoms with E-state index in [-0.39, 0.29) is 0 Å². The highest BCUT2D eigenvalue weighted by molar-refractivity contribution is 7.88. The number of fused-ring (bicyclic) bond motifs is 1. The van der Waals surface area contributed by atoms with Crippen LogP contribution in [0.2, 0.25) is 0 Å². The number of sulfonamides is 1. The van der Waals surface area contributed by atoms with E-state index in [9.17, 15) is 8.42 Å². The smallest absolute Gasteiger partial charge is 0.208 e. The largest absolute Gasteiger partial charge is 0.310 e. The molecule has 0 aliphatic heterocycles. The molecule has 18 heavy (non-hydrogen) atoms. The van der Waals surface area contributed by atoms with Crippen LogP contribution in [0.5, 0.6) is 0 Å². The molecule has 6 nitrogen and oxygen atoms in total. The molecule has 2 aromatic rings. The predicted molar refractivity (Wildman–Crippen MR) is 72.4 cm³/mol. The highest BCUT2D eigenvalue weighted by atomic mass is 32.2. The van der Waals surface area contributed by atoms with E-state index in [4.69, 9.17) is 0 Å². The lowest BCUT2D eigenvalue weighted by Gasteiger charge is -2.05. The second-order valence-corrected chi connectivity index (χ2v) is 6.75. The summed E-state index contributed by atoms with van der Waals surface area (Å²) in [6.07, 6.45) is 3.15. The number of rotatable bonds is 6. The molecule has 2 rings (SSSR count). The quantitative estimate of drug-likeness (QED) is 0.752. The topological polar surface area (TPSA) is 75.5 Å². The van der Waals surface area contributed by atoms with Gasteiger partial charge in [0.25, 0.3) is 0 Å². The third kappa shape index (κ3) is 3.29. The van der Waals surface area contributed by atoms with Crippen molar-refractivity contribution in [2.24, 2.45) is 0 Å². The Labute approximate surface area is 110 Å². The Morgan fingerprint density at radius 3 is 2.94 bits per heavy atom. The lowest BCUT2D eigenvalue weighted by Crippen LogP contribution is -2.31. The maximum absolute atomic E-state index is 10.9. The molecular formula is C10H16N4O2S2. The highest BCUT2D eigenvalue weighted by Gasteiger charge is 2.08. The van der Waals surface area contributed by atoms with Crippen molar-refractivity contribution in [2.75, 3.05) is 19.3 Å². The first kappa shape index (κ1) is 13.5. The first-order valence-corrected chi connectivity index (χ1v) is 8.31. The zero-order chi connectivity index (χ0) is 13.2. The fraction of sp³-hybridized carbons (Fsp3) is 0.500. The van der Waals surface area contributed by atoms with Crippen LogP contribution < -0.4 is 10.0 Å². The summed E-state index contributed by atoms with van der Waals surface area (Å²) in [6, 6.07) is 0. The van der Waals surface area contributed by atoms with Crippen LogP contribution in [0.15, 0.2) is 11.6 Å². The van der Waals surface area contributed by atoms with Crippen LogP contribution in [-0.4, -0.2) is 37.1 Å². The highest BCUT2D eigenvalue weighted by Crippen LogP contribution is 2.16. The first-order valence-electron chi connectivity index (χ1n) is 5.54. The van der Waals surface area contributed by atoms with E-state index in [1.165, 1.54) is 0 Å². The maximum atomic E-state index is 10.9. The molecule has 0 saturated heterocycles. The summed E-state index contributed by atoms with van der Waals surface area (Å²) in [7, 11) is -3.10. The third-order valence-electron chi connectivity index (χ3n) is 2.52. The fourth-order valence-electron chi connectivity index (χ4n) is 1.69. The Hall–Kier alpha value is -0.960. The molecule has 0 atom stereocenters. The first-order chi connectivity index (χ1) is 8.47. The van der Waals surface area contributed by atoms with Crippen molar-refractivity contribution in [1.82, 2.24) is 19.4 Å². The molecule has 0 aromatic carbocycles. The Morgan fingerprint density at radius 2 is 2.22 bits per heavy atom. The van der Waals surface area contributed by atoms with Gasteiger partial charge < -0.3 is 5.32 Å². The van der Waals surface area contributed by atoms with Crippen LogP contribution in [0.25, 0.3) is 4.96 Å². The minimum absolute atomic E-state index is 0.392. The number of nitrogens with zero attached hydrogens (tertiary/aromatic N) is 2. The summed E-state index contributed by atoms with van der Waals surface area (Å²) < 4.78 is 26.2. The average molecular weight is 288 g/mol. The van der Waals surface area contributed by atoms with Gasteiger partial charge in [0.2, 0.25) is 10.0 Å². The second kappa shape index (κ2) is 5.35. The van der Waals surface area contributed by atoms with Crippen molar-refractivity contribution in [3.63, 3.8) is 0 Å². The maximum Gasteiger partial charge on any atom is 0.208 e. The van der Waals surface area contributed by atoms with Gasteiger partial charge >= 0.3 is 0 Å². The monoisotopic (exact) mass is 288 g/mol. The summed E-state index contributed by atoms with van der Waals surface area (Å²) in [6.45, 7) is 3.63. The number of nitrogens with one attached hydrogen (secondary N) is 2. The molecular weight excluding hydrogens is 272 g/mol. The Bertz CT molecular complexity index is 629. The van der Waals surface area contributed by atoms with E-state index in [1.807, 2.05) is 18.5 Å². The molecule has 0 bridgehead atoms. The van der Waals surface area contributed by atoms with Gasteiger partial charge in [-0.2, -0.15) is 0 Å². The molecule has 0 spiro atoms. The number of hydrogen-bond acceptors (Lipinski definition) is 5. The van der Waals surface area contributed by atoms with Crippen molar-refractivity contribution in [3.8, 4) is 0 Å². The standard InChI is InChI=1S/C10H16N4O2S2/c1-8-9(14-5-6-17-10(14)13-8)7-11-3-4-12-18(2,15)16/h5-6,11-12H,3-4,7H2,1-2H3. The van der Waals surface area contributed by atoms with Gasteiger partial charge in [0.1, 0.15) is 0 Å². The minimum atomic E-state index is -3.10. The Morgan fingerprint density at radius 1 is 1.44 bits per heavy atom. The molecule has 2 heterocycles. The Balaban J connectivity index is 1.87. The van der Waals surface area contributed by atoms with Crippen LogP contribution in [-0.2, 0) is 16.6 Å². The van der Waals surface area contributed by atoms with Gasteiger partial charge in [0.15, 0.2) is 4.96 Å². The van der Waals surface area contributed by atoms with Gasteiger partial charge in [0.05, 0.1) is 17.6 Å². The molecule has 0 aliphatic rings. The van der Waals surface area contributed by atoms with E-state index in [1.54, 1.807) is 11.3 Å². The normalized spacial score (nSPS) is 12.3. The molecule has 0 unspecified atom stereocenters. The van der Waals surface area contributed by atoms with Gasteiger partial charge in [-0.3, -0.25) is 4.40 Å². The van der Waals surface area contributed by atoms with Gasteiger partial charge in [-0.05, 0) is 6.92 Å². The van der Waals surface area contributed by atoms with E-state index < -0.39 is 10.0 Å². The molecule has 8 heteroatoms. The summed E-state index contributed by atoms with van der Waals surface area (Å²) >= 11 is 1.60. The molecule has 0 fully saturated rings. The molecule has 0 aliphatic carbocycles. The molecule has 100 valence electrons. The van der Waals surface area contributed by atoms with Crippen molar-refractivity contribution in [1.29, 1.82) is 0 Å². The van der Waals surface area contributed by atoms with E-state index >= 15 is 0 Å². The van der Waals surface area contributed by atoms with Crippen LogP contribution in [0.3, 0.4) is 0 Å². The lowest BCUT2D eigenvalue weighted by molar-refractivity contribution is 0.580. The predicted octanol–water partition coefficient (Wildman–Crippen LogP) is 0.343. The van der Waals surface area contributed by atoms with Crippen LogP contribution >= 0.6 is 11.3 Å². The van der Waals surface area contributed by atoms with Crippen molar-refractivity contribution >= 4 is 26.3 Å². The van der Waals surface area contributed by atoms with Gasteiger partial charge in [-0.1, -0.05) is 0 Å². The van der Waals surface area contributed by atoms with Crippen LogP contribution in [0.1, 0.15) is 11.4 Å². The van der Waals surface area contributed by atoms with Gasteiger partial charge in [0, 0.05) is 31.2 Å². The number of aryl methyl sites for hydroxylation is 1. The molecule has 0 saturated carbocycles. The third-order valence-corrected chi connectivity index (χ3v) is 4.00. The number of thiazole rings is 1. The van der Waals surface area contributed by atoms with Crippen molar-refractivity contribution in [2.45, 2.75) is 13.5 Å². The zero-order valence-corrected chi connectivity index (χ0v) is 11.9. The molecule has 2 N–H and O–H groups in total. The zero-order valence-electron chi connectivity index (χ0n) is 10.3. The summed E-state index contributed by atoms with van der Waals surface area (Å²) in [5.74, 6) is 0. The summed E-state index contributed by atoms with van der Waals surface area (Å²) in [5, 5.41) is 5.20. The lowest BCUT2D eigenvalue weighted by atomic mass is 10.3. The molecule has 0 radical (unpaired) electrons. The summed E-state index contributed by atoms with van der Waals surface area (Å²) in [5.41, 5.74) is 2.12. The minimum Gasteiger partial charge on any atom is -0.310 e. The average Bonchev–Trinajstić information content (AvgIpc) is 2.78. The van der Waals surface area contributed by atoms with Crippen molar-refractivity contribution in [3.05, 3.63) is 23.0 Å². The van der Waals surface area contributed by atoms with E-state index in [0.29, 0.717) is 19.6 Å². The number of imidazole rings is 1. The van der Waals surface area contributed by atoms with Gasteiger partial charge in [-0.15, -0.1) is 11.3 Å². The number of aromatic nitrogens is 2. The van der Waals surface area contributed by atoms with Crippen LogP contribution in [0.4, 0.5) is 0 Å².